The monoisotopic (exact) mass is 440 g/mol. The topological polar surface area (TPSA) is 110 Å². The summed E-state index contributed by atoms with van der Waals surface area (Å²) in [7, 11) is -3.85. The van der Waals surface area contributed by atoms with E-state index in [1.165, 1.54) is 30.5 Å². The van der Waals surface area contributed by atoms with Gasteiger partial charge in [-0.3, -0.25) is 4.79 Å². The van der Waals surface area contributed by atoms with Crippen molar-refractivity contribution in [2.75, 3.05) is 10.0 Å². The maximum absolute atomic E-state index is 12.5. The number of sulfonamides is 1. The lowest BCUT2D eigenvalue weighted by Gasteiger charge is -2.17. The number of aromatic nitrogens is 2. The normalized spacial score (nSPS) is 12.1. The zero-order valence-electron chi connectivity index (χ0n) is 17.5. The minimum Gasteiger partial charge on any atom is -0.481 e. The van der Waals surface area contributed by atoms with Crippen LogP contribution in [0.3, 0.4) is 0 Å². The number of carbonyl (C=O) groups is 1. The molecule has 0 saturated heterocycles. The van der Waals surface area contributed by atoms with Gasteiger partial charge in [-0.05, 0) is 62.2 Å². The lowest BCUT2D eigenvalue weighted by Crippen LogP contribution is -2.30. The Morgan fingerprint density at radius 1 is 1.10 bits per heavy atom. The molecule has 1 amide bonds. The number of para-hydroxylation sites is 1. The molecule has 162 valence electrons. The second kappa shape index (κ2) is 9.57. The van der Waals surface area contributed by atoms with Gasteiger partial charge in [0.1, 0.15) is 5.75 Å². The lowest BCUT2D eigenvalue weighted by atomic mass is 10.1. The minimum atomic E-state index is -3.85. The van der Waals surface area contributed by atoms with Crippen molar-refractivity contribution in [2.24, 2.45) is 0 Å². The Balaban J connectivity index is 1.65. The third kappa shape index (κ3) is 5.79. The van der Waals surface area contributed by atoms with Gasteiger partial charge in [-0.2, -0.15) is 0 Å². The number of rotatable bonds is 8. The van der Waals surface area contributed by atoms with Crippen molar-refractivity contribution in [3.63, 3.8) is 0 Å². The Hall–Kier alpha value is -3.46. The predicted molar refractivity (Wildman–Crippen MR) is 119 cm³/mol. The summed E-state index contributed by atoms with van der Waals surface area (Å²) in [5.74, 6) is 0.321. The van der Waals surface area contributed by atoms with Gasteiger partial charge in [-0.15, -0.1) is 0 Å². The molecule has 0 spiro atoms. The standard InChI is InChI=1S/C22H24N4O4S/c1-4-17-7-5-6-8-20(17)30-16(3)21(27)25-18-9-11-19(12-10-18)31(28,29)26-22-23-14-13-15(2)24-22/h5-14,16H,4H2,1-3H3,(H,25,27)(H,23,24,26)/t16-/m1/s1. The molecule has 0 aliphatic carbocycles. The van der Waals surface area contributed by atoms with Gasteiger partial charge >= 0.3 is 0 Å². The molecule has 1 atom stereocenters. The zero-order chi connectivity index (χ0) is 22.4. The van der Waals surface area contributed by atoms with E-state index in [9.17, 15) is 13.2 Å². The largest absolute Gasteiger partial charge is 0.481 e. The number of anilines is 2. The first kappa shape index (κ1) is 22.2. The number of aryl methyl sites for hydroxylation is 2. The number of amides is 1. The van der Waals surface area contributed by atoms with Crippen LogP contribution in [-0.2, 0) is 21.2 Å². The van der Waals surface area contributed by atoms with E-state index in [2.05, 4.69) is 20.0 Å². The van der Waals surface area contributed by atoms with Gasteiger partial charge in [0.15, 0.2) is 6.10 Å². The quantitative estimate of drug-likeness (QED) is 0.554. The van der Waals surface area contributed by atoms with Gasteiger partial charge in [0, 0.05) is 17.6 Å². The molecule has 31 heavy (non-hydrogen) atoms. The van der Waals surface area contributed by atoms with E-state index in [0.29, 0.717) is 17.1 Å². The van der Waals surface area contributed by atoms with Crippen LogP contribution in [-0.4, -0.2) is 30.4 Å². The van der Waals surface area contributed by atoms with Crippen molar-refractivity contribution in [3.05, 3.63) is 72.1 Å². The van der Waals surface area contributed by atoms with Crippen LogP contribution in [0.15, 0.2) is 65.7 Å². The first-order chi connectivity index (χ1) is 14.8. The Bertz CT molecular complexity index is 1160. The summed E-state index contributed by atoms with van der Waals surface area (Å²) >= 11 is 0. The van der Waals surface area contributed by atoms with Crippen molar-refractivity contribution in [1.29, 1.82) is 0 Å². The Kier molecular flexibility index (Phi) is 6.86. The number of nitrogens with zero attached hydrogens (tertiary/aromatic N) is 2. The molecule has 9 heteroatoms. The van der Waals surface area contributed by atoms with E-state index in [0.717, 1.165) is 12.0 Å². The highest BCUT2D eigenvalue weighted by atomic mass is 32.2. The molecule has 1 heterocycles. The third-order valence-electron chi connectivity index (χ3n) is 4.48. The lowest BCUT2D eigenvalue weighted by molar-refractivity contribution is -0.122. The van der Waals surface area contributed by atoms with E-state index in [4.69, 9.17) is 4.74 Å². The summed E-state index contributed by atoms with van der Waals surface area (Å²) in [5, 5.41) is 2.73. The van der Waals surface area contributed by atoms with Gasteiger partial charge in [-0.25, -0.2) is 23.1 Å². The van der Waals surface area contributed by atoms with Crippen molar-refractivity contribution >= 4 is 27.6 Å². The van der Waals surface area contributed by atoms with Gasteiger partial charge in [0.25, 0.3) is 15.9 Å². The average molecular weight is 441 g/mol. The highest BCUT2D eigenvalue weighted by Crippen LogP contribution is 2.21. The fourth-order valence-electron chi connectivity index (χ4n) is 2.79. The molecule has 3 aromatic rings. The van der Waals surface area contributed by atoms with Crippen LogP contribution < -0.4 is 14.8 Å². The van der Waals surface area contributed by atoms with Crippen molar-refractivity contribution in [3.8, 4) is 5.75 Å². The van der Waals surface area contributed by atoms with Gasteiger partial charge in [0.05, 0.1) is 4.90 Å². The van der Waals surface area contributed by atoms with Crippen molar-refractivity contribution in [1.82, 2.24) is 9.97 Å². The van der Waals surface area contributed by atoms with E-state index in [1.54, 1.807) is 19.9 Å². The predicted octanol–water partition coefficient (Wildman–Crippen LogP) is 3.55. The first-order valence-electron chi connectivity index (χ1n) is 9.76. The van der Waals surface area contributed by atoms with Crippen LogP contribution in [0.2, 0.25) is 0 Å². The maximum Gasteiger partial charge on any atom is 0.265 e. The van der Waals surface area contributed by atoms with E-state index in [1.807, 2.05) is 31.2 Å². The number of ether oxygens (including phenoxy) is 1. The summed E-state index contributed by atoms with van der Waals surface area (Å²) in [6.45, 7) is 5.41. The van der Waals surface area contributed by atoms with Crippen molar-refractivity contribution < 1.29 is 17.9 Å². The molecule has 0 unspecified atom stereocenters. The Morgan fingerprint density at radius 3 is 2.48 bits per heavy atom. The van der Waals surface area contributed by atoms with Gasteiger partial charge in [-0.1, -0.05) is 25.1 Å². The second-order valence-corrected chi connectivity index (χ2v) is 8.54. The number of hydrogen-bond donors (Lipinski definition) is 2. The van der Waals surface area contributed by atoms with Crippen LogP contribution in [0.1, 0.15) is 25.1 Å². The molecule has 8 nitrogen and oxygen atoms in total. The summed E-state index contributed by atoms with van der Waals surface area (Å²) < 4.78 is 33.2. The van der Waals surface area contributed by atoms with E-state index in [-0.39, 0.29) is 16.8 Å². The average Bonchev–Trinajstić information content (AvgIpc) is 2.74. The van der Waals surface area contributed by atoms with E-state index >= 15 is 0 Å². The molecular weight excluding hydrogens is 416 g/mol. The van der Waals surface area contributed by atoms with Crippen LogP contribution in [0, 0.1) is 6.92 Å². The molecule has 0 radical (unpaired) electrons. The van der Waals surface area contributed by atoms with Crippen molar-refractivity contribution in [2.45, 2.75) is 38.2 Å². The molecule has 0 saturated carbocycles. The Morgan fingerprint density at radius 2 is 1.81 bits per heavy atom. The summed E-state index contributed by atoms with van der Waals surface area (Å²) in [6, 6.07) is 15.0. The molecule has 3 rings (SSSR count). The molecule has 1 aromatic heterocycles. The van der Waals surface area contributed by atoms with Crippen LogP contribution in [0.5, 0.6) is 5.75 Å². The fraction of sp³-hybridized carbons (Fsp3) is 0.227. The molecule has 0 aliphatic rings. The van der Waals surface area contributed by atoms with E-state index < -0.39 is 16.1 Å². The summed E-state index contributed by atoms with van der Waals surface area (Å²) in [4.78, 5) is 20.4. The zero-order valence-corrected chi connectivity index (χ0v) is 18.3. The summed E-state index contributed by atoms with van der Waals surface area (Å²) in [5.41, 5.74) is 2.11. The smallest absolute Gasteiger partial charge is 0.265 e. The van der Waals surface area contributed by atoms with Crippen LogP contribution >= 0.6 is 0 Å². The first-order valence-corrected chi connectivity index (χ1v) is 11.2. The van der Waals surface area contributed by atoms with Gasteiger partial charge in [0.2, 0.25) is 5.95 Å². The van der Waals surface area contributed by atoms with Gasteiger partial charge < -0.3 is 10.1 Å². The molecule has 2 N–H and O–H groups in total. The third-order valence-corrected chi connectivity index (χ3v) is 5.82. The Labute approximate surface area is 181 Å². The molecule has 0 aliphatic heterocycles. The number of nitrogens with one attached hydrogen (secondary N) is 2. The highest BCUT2D eigenvalue weighted by molar-refractivity contribution is 7.92. The maximum atomic E-state index is 12.5. The number of hydrogen-bond acceptors (Lipinski definition) is 6. The number of benzene rings is 2. The summed E-state index contributed by atoms with van der Waals surface area (Å²) in [6.07, 6.45) is 1.54. The molecule has 0 bridgehead atoms. The molecule has 2 aromatic carbocycles. The fourth-order valence-corrected chi connectivity index (χ4v) is 3.74. The highest BCUT2D eigenvalue weighted by Gasteiger charge is 2.18. The second-order valence-electron chi connectivity index (χ2n) is 6.86. The SMILES string of the molecule is CCc1ccccc1O[C@H](C)C(=O)Nc1ccc(S(=O)(=O)Nc2nccc(C)n2)cc1. The van der Waals surface area contributed by atoms with Crippen LogP contribution in [0.4, 0.5) is 11.6 Å². The minimum absolute atomic E-state index is 0.00397. The molecule has 0 fully saturated rings. The molecular formula is C22H24N4O4S. The number of carbonyl (C=O) groups excluding carboxylic acids is 1. The van der Waals surface area contributed by atoms with Crippen LogP contribution in [0.25, 0.3) is 0 Å².